The molecule has 0 atom stereocenters. The van der Waals surface area contributed by atoms with Crippen molar-refractivity contribution in [2.75, 3.05) is 13.7 Å². The zero-order valence-corrected chi connectivity index (χ0v) is 19.2. The summed E-state index contributed by atoms with van der Waals surface area (Å²) in [5.41, 5.74) is 1.98. The maximum absolute atomic E-state index is 12.4. The number of methoxy groups -OCH3 is 1. The molecule has 0 unspecified atom stereocenters. The van der Waals surface area contributed by atoms with Gasteiger partial charge in [-0.3, -0.25) is 19.8 Å². The molecule has 0 saturated carbocycles. The summed E-state index contributed by atoms with van der Waals surface area (Å²) in [6.07, 6.45) is 1.72. The van der Waals surface area contributed by atoms with Crippen LogP contribution in [0.15, 0.2) is 42.1 Å². The van der Waals surface area contributed by atoms with Gasteiger partial charge in [0.05, 0.1) is 15.6 Å². The number of halogens is 1. The molecule has 30 heavy (non-hydrogen) atoms. The van der Waals surface area contributed by atoms with E-state index in [1.54, 1.807) is 24.3 Å². The highest BCUT2D eigenvalue weighted by molar-refractivity contribution is 14.1. The van der Waals surface area contributed by atoms with E-state index in [1.807, 2.05) is 13.0 Å². The fourth-order valence-electron chi connectivity index (χ4n) is 2.86. The number of nitro benzene ring substituents is 1. The van der Waals surface area contributed by atoms with Crippen LogP contribution in [0, 0.1) is 13.7 Å². The molecule has 0 aromatic heterocycles. The number of nitro groups is 1. The molecule has 0 spiro atoms. The van der Waals surface area contributed by atoms with E-state index in [0.29, 0.717) is 28.9 Å². The Morgan fingerprint density at radius 3 is 2.57 bits per heavy atom. The number of likely N-dealkylation sites (N-methyl/N-ethyl adjacent to an activating group) is 1. The number of carbonyl (C=O) groups excluding carboxylic acids is 1. The third kappa shape index (κ3) is 4.70. The number of thiocarbonyl (C=S) groups is 1. The molecule has 0 bridgehead atoms. The van der Waals surface area contributed by atoms with Gasteiger partial charge in [-0.1, -0.05) is 0 Å². The van der Waals surface area contributed by atoms with Crippen molar-refractivity contribution in [1.29, 1.82) is 0 Å². The molecule has 2 aromatic rings. The molecule has 10 heteroatoms. The van der Waals surface area contributed by atoms with Gasteiger partial charge in [-0.15, -0.1) is 0 Å². The summed E-state index contributed by atoms with van der Waals surface area (Å²) in [7, 11) is 1.54. The van der Waals surface area contributed by atoms with Crippen LogP contribution in [0.25, 0.3) is 6.08 Å². The summed E-state index contributed by atoms with van der Waals surface area (Å²) in [5.74, 6) is 0.890. The fourth-order valence-corrected chi connectivity index (χ4v) is 3.96. The van der Waals surface area contributed by atoms with Crippen LogP contribution in [0.4, 0.5) is 5.69 Å². The first-order valence-electron chi connectivity index (χ1n) is 8.92. The number of nitrogens with one attached hydrogen (secondary N) is 1. The second-order valence-corrected chi connectivity index (χ2v) is 7.83. The molecule has 1 N–H and O–H groups in total. The Kier molecular flexibility index (Phi) is 6.87. The molecule has 1 aliphatic heterocycles. The molecule has 2 aromatic carbocycles. The van der Waals surface area contributed by atoms with Crippen LogP contribution in [0.2, 0.25) is 0 Å². The number of nitrogens with zero attached hydrogens (tertiary/aromatic N) is 2. The number of hydrogen-bond donors (Lipinski definition) is 1. The largest absolute Gasteiger partial charge is 0.493 e. The monoisotopic (exact) mass is 539 g/mol. The third-order valence-corrected chi connectivity index (χ3v) is 5.50. The molecule has 0 aliphatic carbocycles. The maximum atomic E-state index is 12.4. The number of benzene rings is 2. The van der Waals surface area contributed by atoms with E-state index in [2.05, 4.69) is 27.9 Å². The van der Waals surface area contributed by atoms with Gasteiger partial charge < -0.3 is 14.8 Å². The average molecular weight is 539 g/mol. The Labute approximate surface area is 192 Å². The zero-order valence-electron chi connectivity index (χ0n) is 16.2. The van der Waals surface area contributed by atoms with Gasteiger partial charge in [0.25, 0.3) is 11.6 Å². The highest BCUT2D eigenvalue weighted by Crippen LogP contribution is 2.35. The van der Waals surface area contributed by atoms with Gasteiger partial charge in [0.15, 0.2) is 16.6 Å². The van der Waals surface area contributed by atoms with Gasteiger partial charge in [-0.25, -0.2) is 0 Å². The summed E-state index contributed by atoms with van der Waals surface area (Å²) in [6.45, 7) is 2.58. The second-order valence-electron chi connectivity index (χ2n) is 6.28. The van der Waals surface area contributed by atoms with Crippen LogP contribution in [0.5, 0.6) is 11.5 Å². The zero-order chi connectivity index (χ0) is 21.8. The van der Waals surface area contributed by atoms with E-state index in [4.69, 9.17) is 21.7 Å². The number of non-ortho nitro benzene ring substituents is 1. The second kappa shape index (κ2) is 9.39. The summed E-state index contributed by atoms with van der Waals surface area (Å²) in [4.78, 5) is 24.2. The first-order valence-corrected chi connectivity index (χ1v) is 10.4. The van der Waals surface area contributed by atoms with Crippen LogP contribution < -0.4 is 14.8 Å². The lowest BCUT2D eigenvalue weighted by Crippen LogP contribution is -2.30. The first kappa shape index (κ1) is 22.0. The summed E-state index contributed by atoms with van der Waals surface area (Å²) >= 11 is 7.31. The van der Waals surface area contributed by atoms with Crippen molar-refractivity contribution in [1.82, 2.24) is 10.2 Å². The van der Waals surface area contributed by atoms with Crippen LogP contribution >= 0.6 is 34.8 Å². The average Bonchev–Trinajstić information content (AvgIpc) is 2.99. The molecule has 1 aliphatic rings. The first-order chi connectivity index (χ1) is 14.3. The van der Waals surface area contributed by atoms with Gasteiger partial charge in [-0.2, -0.15) is 0 Å². The standard InChI is InChI=1S/C20H18IN3O5S/c1-3-23-19(25)16(22-20(23)30)9-13-8-15(21)18(17(10-13)28-2)29-11-12-4-6-14(7-5-12)24(26)27/h4-10H,3,11H2,1-2H3,(H,22,30)/b16-9-. The number of carbonyl (C=O) groups is 1. The van der Waals surface area contributed by atoms with E-state index in [-0.39, 0.29) is 18.2 Å². The SMILES string of the molecule is CCN1C(=O)/C(=C/c2cc(I)c(OCc3ccc([N+](=O)[O-])cc3)c(OC)c2)NC1=S. The Hall–Kier alpha value is -2.73. The number of rotatable bonds is 7. The van der Waals surface area contributed by atoms with Crippen LogP contribution in [0.1, 0.15) is 18.1 Å². The molecular weight excluding hydrogens is 521 g/mol. The van der Waals surface area contributed by atoms with Crippen molar-refractivity contribution in [3.8, 4) is 11.5 Å². The Morgan fingerprint density at radius 1 is 1.30 bits per heavy atom. The number of amides is 1. The van der Waals surface area contributed by atoms with Crippen molar-refractivity contribution in [3.05, 3.63) is 66.9 Å². The molecule has 1 heterocycles. The number of ether oxygens (including phenoxy) is 2. The van der Waals surface area contributed by atoms with Gasteiger partial charge in [0.1, 0.15) is 12.3 Å². The van der Waals surface area contributed by atoms with Crippen LogP contribution in [0.3, 0.4) is 0 Å². The molecule has 0 radical (unpaired) electrons. The fraction of sp³-hybridized carbons (Fsp3) is 0.200. The predicted molar refractivity (Wildman–Crippen MR) is 124 cm³/mol. The van der Waals surface area contributed by atoms with Gasteiger partial charge >= 0.3 is 0 Å². The molecule has 1 amide bonds. The lowest BCUT2D eigenvalue weighted by Gasteiger charge is -2.14. The van der Waals surface area contributed by atoms with Gasteiger partial charge in [-0.05, 0) is 83.2 Å². The van der Waals surface area contributed by atoms with E-state index in [0.717, 1.165) is 14.7 Å². The molecule has 1 fully saturated rings. The Balaban J connectivity index is 1.81. The van der Waals surface area contributed by atoms with E-state index >= 15 is 0 Å². The summed E-state index contributed by atoms with van der Waals surface area (Å²) < 4.78 is 12.2. The van der Waals surface area contributed by atoms with E-state index < -0.39 is 4.92 Å². The van der Waals surface area contributed by atoms with Crippen LogP contribution in [-0.4, -0.2) is 34.5 Å². The Morgan fingerprint density at radius 2 is 2.00 bits per heavy atom. The summed E-state index contributed by atoms with van der Waals surface area (Å²) in [6, 6.07) is 9.81. The van der Waals surface area contributed by atoms with Crippen molar-refractivity contribution in [2.24, 2.45) is 0 Å². The van der Waals surface area contributed by atoms with Crippen LogP contribution in [-0.2, 0) is 11.4 Å². The minimum Gasteiger partial charge on any atom is -0.493 e. The predicted octanol–water partition coefficient (Wildman–Crippen LogP) is 3.86. The molecule has 3 rings (SSSR count). The molecule has 8 nitrogen and oxygen atoms in total. The maximum Gasteiger partial charge on any atom is 0.276 e. The normalized spacial score (nSPS) is 14.8. The minimum absolute atomic E-state index is 0.0273. The lowest BCUT2D eigenvalue weighted by molar-refractivity contribution is -0.384. The molecule has 156 valence electrons. The number of hydrogen-bond acceptors (Lipinski definition) is 6. The summed E-state index contributed by atoms with van der Waals surface area (Å²) in [5, 5.41) is 14.1. The van der Waals surface area contributed by atoms with Crippen molar-refractivity contribution in [2.45, 2.75) is 13.5 Å². The van der Waals surface area contributed by atoms with Gasteiger partial charge in [0, 0.05) is 18.7 Å². The smallest absolute Gasteiger partial charge is 0.276 e. The van der Waals surface area contributed by atoms with Crippen molar-refractivity contribution < 1.29 is 19.2 Å². The highest BCUT2D eigenvalue weighted by Gasteiger charge is 2.29. The minimum atomic E-state index is -0.444. The topological polar surface area (TPSA) is 93.9 Å². The molecule has 1 saturated heterocycles. The van der Waals surface area contributed by atoms with Crippen molar-refractivity contribution in [3.63, 3.8) is 0 Å². The van der Waals surface area contributed by atoms with Crippen molar-refractivity contribution >= 4 is 57.6 Å². The van der Waals surface area contributed by atoms with E-state index in [1.165, 1.54) is 24.1 Å². The highest BCUT2D eigenvalue weighted by atomic mass is 127. The van der Waals surface area contributed by atoms with E-state index in [9.17, 15) is 14.9 Å². The Bertz CT molecular complexity index is 1040. The van der Waals surface area contributed by atoms with Gasteiger partial charge in [0.2, 0.25) is 0 Å². The quantitative estimate of drug-likeness (QED) is 0.188. The lowest BCUT2D eigenvalue weighted by atomic mass is 10.1. The molecular formula is C20H18IN3O5S. The third-order valence-electron chi connectivity index (χ3n) is 4.37.